The molecule has 1 aromatic carbocycles. The lowest BCUT2D eigenvalue weighted by Crippen LogP contribution is -2.44. The second-order valence-corrected chi connectivity index (χ2v) is 6.29. The van der Waals surface area contributed by atoms with E-state index in [2.05, 4.69) is 31.0 Å². The van der Waals surface area contributed by atoms with Gasteiger partial charge in [-0.2, -0.15) is 0 Å². The van der Waals surface area contributed by atoms with E-state index in [-0.39, 0.29) is 11.9 Å². The summed E-state index contributed by atoms with van der Waals surface area (Å²) in [6.45, 7) is 9.00. The quantitative estimate of drug-likeness (QED) is 0.902. The number of methoxy groups -OCH3 is 1. The second-order valence-electron chi connectivity index (χ2n) is 6.29. The summed E-state index contributed by atoms with van der Waals surface area (Å²) in [6.07, 6.45) is 1.35. The normalized spacial score (nSPS) is 22.9. The molecule has 1 fully saturated rings. The fraction of sp³-hybridized carbons (Fsp3) is 0.647. The van der Waals surface area contributed by atoms with Gasteiger partial charge in [0, 0.05) is 38.5 Å². The van der Waals surface area contributed by atoms with Crippen molar-refractivity contribution in [1.82, 2.24) is 5.32 Å². The van der Waals surface area contributed by atoms with Gasteiger partial charge in [0.2, 0.25) is 0 Å². The second kappa shape index (κ2) is 7.23. The molecule has 1 N–H and O–H groups in total. The molecule has 1 heterocycles. The molecular weight excluding hydrogens is 267 g/mol. The van der Waals surface area contributed by atoms with Crippen molar-refractivity contribution in [2.75, 3.05) is 25.1 Å². The van der Waals surface area contributed by atoms with E-state index in [4.69, 9.17) is 4.74 Å². The van der Waals surface area contributed by atoms with Crippen LogP contribution in [0.1, 0.15) is 32.8 Å². The van der Waals surface area contributed by atoms with Crippen LogP contribution in [0.4, 0.5) is 10.1 Å². The van der Waals surface area contributed by atoms with E-state index in [1.165, 1.54) is 0 Å². The third-order valence-electron chi connectivity index (χ3n) is 4.28. The van der Waals surface area contributed by atoms with Crippen LogP contribution in [-0.4, -0.2) is 32.3 Å². The summed E-state index contributed by atoms with van der Waals surface area (Å²) in [5.41, 5.74) is 2.15. The van der Waals surface area contributed by atoms with Crippen LogP contribution in [0.25, 0.3) is 0 Å². The molecule has 0 aromatic heterocycles. The highest BCUT2D eigenvalue weighted by Crippen LogP contribution is 2.28. The SMILES string of the molecule is COC1CN(c2ccc(F)cc2CNC(C)C)CCC1C. The summed E-state index contributed by atoms with van der Waals surface area (Å²) in [6, 6.07) is 5.47. The first-order valence-corrected chi connectivity index (χ1v) is 7.80. The molecule has 0 spiro atoms. The molecule has 3 nitrogen and oxygen atoms in total. The molecule has 2 rings (SSSR count). The van der Waals surface area contributed by atoms with Gasteiger partial charge in [0.05, 0.1) is 6.10 Å². The molecule has 2 unspecified atom stereocenters. The van der Waals surface area contributed by atoms with Crippen molar-refractivity contribution in [2.45, 2.75) is 45.9 Å². The molecule has 1 aliphatic rings. The Labute approximate surface area is 127 Å². The highest BCUT2D eigenvalue weighted by molar-refractivity contribution is 5.54. The Morgan fingerprint density at radius 2 is 2.19 bits per heavy atom. The minimum absolute atomic E-state index is 0.173. The Hall–Kier alpha value is -1.13. The number of nitrogens with zero attached hydrogens (tertiary/aromatic N) is 1. The number of hydrogen-bond donors (Lipinski definition) is 1. The Morgan fingerprint density at radius 1 is 1.43 bits per heavy atom. The van der Waals surface area contributed by atoms with Gasteiger partial charge >= 0.3 is 0 Å². The summed E-state index contributed by atoms with van der Waals surface area (Å²) < 4.78 is 19.2. The number of halogens is 1. The first kappa shape index (κ1) is 16.2. The smallest absolute Gasteiger partial charge is 0.123 e. The van der Waals surface area contributed by atoms with Gasteiger partial charge in [-0.05, 0) is 36.1 Å². The van der Waals surface area contributed by atoms with Gasteiger partial charge in [-0.25, -0.2) is 4.39 Å². The minimum Gasteiger partial charge on any atom is -0.379 e. The Balaban J connectivity index is 2.18. The van der Waals surface area contributed by atoms with Crippen LogP contribution >= 0.6 is 0 Å². The van der Waals surface area contributed by atoms with E-state index in [0.717, 1.165) is 30.8 Å². The van der Waals surface area contributed by atoms with Crippen LogP contribution in [0.15, 0.2) is 18.2 Å². The average molecular weight is 294 g/mol. The molecule has 0 aliphatic carbocycles. The maximum atomic E-state index is 13.6. The number of rotatable bonds is 5. The monoisotopic (exact) mass is 294 g/mol. The predicted octanol–water partition coefficient (Wildman–Crippen LogP) is 3.18. The summed E-state index contributed by atoms with van der Waals surface area (Å²) in [5, 5.41) is 3.38. The Kier molecular flexibility index (Phi) is 5.59. The van der Waals surface area contributed by atoms with E-state index in [1.807, 2.05) is 6.07 Å². The lowest BCUT2D eigenvalue weighted by molar-refractivity contribution is 0.0498. The van der Waals surface area contributed by atoms with Gasteiger partial charge in [-0.3, -0.25) is 0 Å². The predicted molar refractivity (Wildman–Crippen MR) is 85.2 cm³/mol. The Bertz CT molecular complexity index is 464. The molecule has 1 saturated heterocycles. The van der Waals surface area contributed by atoms with E-state index in [0.29, 0.717) is 18.5 Å². The first-order valence-electron chi connectivity index (χ1n) is 7.80. The number of hydrogen-bond acceptors (Lipinski definition) is 3. The van der Waals surface area contributed by atoms with Crippen molar-refractivity contribution in [3.8, 4) is 0 Å². The summed E-state index contributed by atoms with van der Waals surface area (Å²) in [4.78, 5) is 2.32. The summed E-state index contributed by atoms with van der Waals surface area (Å²) in [7, 11) is 1.77. The molecule has 1 aromatic rings. The molecule has 118 valence electrons. The molecule has 21 heavy (non-hydrogen) atoms. The van der Waals surface area contributed by atoms with Crippen LogP contribution in [0.2, 0.25) is 0 Å². The van der Waals surface area contributed by atoms with E-state index >= 15 is 0 Å². The fourth-order valence-electron chi connectivity index (χ4n) is 2.88. The van der Waals surface area contributed by atoms with Crippen molar-refractivity contribution >= 4 is 5.69 Å². The van der Waals surface area contributed by atoms with Gasteiger partial charge < -0.3 is 15.0 Å². The number of anilines is 1. The maximum Gasteiger partial charge on any atom is 0.123 e. The fourth-order valence-corrected chi connectivity index (χ4v) is 2.88. The Morgan fingerprint density at radius 3 is 2.86 bits per heavy atom. The highest BCUT2D eigenvalue weighted by Gasteiger charge is 2.27. The van der Waals surface area contributed by atoms with Gasteiger partial charge in [0.15, 0.2) is 0 Å². The first-order chi connectivity index (χ1) is 10.0. The molecular formula is C17H27FN2O. The van der Waals surface area contributed by atoms with Crippen molar-refractivity contribution in [2.24, 2.45) is 5.92 Å². The molecule has 0 bridgehead atoms. The third-order valence-corrected chi connectivity index (χ3v) is 4.28. The summed E-state index contributed by atoms with van der Waals surface area (Å²) >= 11 is 0. The lowest BCUT2D eigenvalue weighted by Gasteiger charge is -2.38. The maximum absolute atomic E-state index is 13.6. The van der Waals surface area contributed by atoms with Gasteiger partial charge in [0.25, 0.3) is 0 Å². The molecule has 0 radical (unpaired) electrons. The largest absolute Gasteiger partial charge is 0.379 e. The van der Waals surface area contributed by atoms with Crippen LogP contribution in [-0.2, 0) is 11.3 Å². The van der Waals surface area contributed by atoms with Crippen molar-refractivity contribution in [1.29, 1.82) is 0 Å². The van der Waals surface area contributed by atoms with Crippen molar-refractivity contribution in [3.05, 3.63) is 29.6 Å². The van der Waals surface area contributed by atoms with E-state index < -0.39 is 0 Å². The average Bonchev–Trinajstić information content (AvgIpc) is 2.46. The number of piperidine rings is 1. The van der Waals surface area contributed by atoms with Gasteiger partial charge in [-0.1, -0.05) is 20.8 Å². The number of benzene rings is 1. The van der Waals surface area contributed by atoms with E-state index in [9.17, 15) is 4.39 Å². The van der Waals surface area contributed by atoms with Crippen LogP contribution in [0.3, 0.4) is 0 Å². The van der Waals surface area contributed by atoms with Crippen molar-refractivity contribution < 1.29 is 9.13 Å². The molecule has 2 atom stereocenters. The van der Waals surface area contributed by atoms with Crippen LogP contribution in [0, 0.1) is 11.7 Å². The zero-order valence-electron chi connectivity index (χ0n) is 13.5. The van der Waals surface area contributed by atoms with Crippen molar-refractivity contribution in [3.63, 3.8) is 0 Å². The zero-order valence-corrected chi connectivity index (χ0v) is 13.5. The zero-order chi connectivity index (χ0) is 15.4. The topological polar surface area (TPSA) is 24.5 Å². The minimum atomic E-state index is -0.173. The van der Waals surface area contributed by atoms with Crippen LogP contribution in [0.5, 0.6) is 0 Å². The third kappa shape index (κ3) is 4.17. The number of nitrogens with one attached hydrogen (secondary N) is 1. The standard InChI is InChI=1S/C17H27FN2O/c1-12(2)19-10-14-9-15(18)5-6-16(14)20-8-7-13(3)17(11-20)21-4/h5-6,9,12-13,17,19H,7-8,10-11H2,1-4H3. The molecule has 0 amide bonds. The van der Waals surface area contributed by atoms with Gasteiger partial charge in [0.1, 0.15) is 5.82 Å². The van der Waals surface area contributed by atoms with Crippen LogP contribution < -0.4 is 10.2 Å². The molecule has 1 aliphatic heterocycles. The van der Waals surface area contributed by atoms with Gasteiger partial charge in [-0.15, -0.1) is 0 Å². The van der Waals surface area contributed by atoms with E-state index in [1.54, 1.807) is 19.2 Å². The lowest BCUT2D eigenvalue weighted by atomic mass is 9.95. The number of ether oxygens (including phenoxy) is 1. The molecule has 0 saturated carbocycles. The highest BCUT2D eigenvalue weighted by atomic mass is 19.1. The molecule has 4 heteroatoms. The summed E-state index contributed by atoms with van der Waals surface area (Å²) in [5.74, 6) is 0.400.